The second kappa shape index (κ2) is 8.33. The molecule has 0 atom stereocenters. The molecule has 0 saturated carbocycles. The van der Waals surface area contributed by atoms with E-state index < -0.39 is 5.54 Å². The highest BCUT2D eigenvalue weighted by molar-refractivity contribution is 6.01. The van der Waals surface area contributed by atoms with Gasteiger partial charge in [-0.1, -0.05) is 6.07 Å². The lowest BCUT2D eigenvalue weighted by atomic mass is 9.87. The van der Waals surface area contributed by atoms with E-state index in [2.05, 4.69) is 21.0 Å². The van der Waals surface area contributed by atoms with Gasteiger partial charge in [-0.25, -0.2) is 0 Å². The molecule has 2 amide bonds. The first-order valence-electron chi connectivity index (χ1n) is 8.42. The number of aromatic nitrogens is 2. The number of carbonyl (C=O) groups excluding carboxylic acids is 2. The molecule has 0 aliphatic carbocycles. The van der Waals surface area contributed by atoms with Gasteiger partial charge in [0.15, 0.2) is 0 Å². The van der Waals surface area contributed by atoms with Crippen molar-refractivity contribution in [2.75, 3.05) is 25.5 Å². The Hall–Kier alpha value is -2.38. The fourth-order valence-corrected chi connectivity index (χ4v) is 3.31. The molecule has 0 unspecified atom stereocenters. The van der Waals surface area contributed by atoms with Crippen LogP contribution in [-0.4, -0.2) is 41.7 Å². The minimum atomic E-state index is -0.718. The lowest BCUT2D eigenvalue weighted by molar-refractivity contribution is -0.126. The predicted molar refractivity (Wildman–Crippen MR) is 103 cm³/mol. The van der Waals surface area contributed by atoms with Gasteiger partial charge in [0.1, 0.15) is 5.54 Å². The molecule has 0 bridgehead atoms. The maximum absolute atomic E-state index is 13.2. The summed E-state index contributed by atoms with van der Waals surface area (Å²) in [5.41, 5.74) is 1.24. The number of hydrogen-bond acceptors (Lipinski definition) is 4. The van der Waals surface area contributed by atoms with Crippen LogP contribution in [0.3, 0.4) is 0 Å². The van der Waals surface area contributed by atoms with Crippen molar-refractivity contribution in [3.63, 3.8) is 0 Å². The van der Waals surface area contributed by atoms with Crippen molar-refractivity contribution in [2.24, 2.45) is 0 Å². The number of hydrogen-bond donors (Lipinski definition) is 3. The summed E-state index contributed by atoms with van der Waals surface area (Å²) in [6.07, 6.45) is 4.84. The lowest BCUT2D eigenvalue weighted by Gasteiger charge is -2.36. The Morgan fingerprint density at radius 1 is 1.23 bits per heavy atom. The Morgan fingerprint density at radius 2 is 1.96 bits per heavy atom. The van der Waals surface area contributed by atoms with Gasteiger partial charge >= 0.3 is 0 Å². The molecular weight excluding hydrogens is 354 g/mol. The first-order valence-corrected chi connectivity index (χ1v) is 8.42. The molecule has 8 heteroatoms. The minimum Gasteiger partial charge on any atom is -0.355 e. The number of amides is 2. The van der Waals surface area contributed by atoms with Crippen LogP contribution in [0, 0.1) is 6.92 Å². The van der Waals surface area contributed by atoms with E-state index in [4.69, 9.17) is 0 Å². The van der Waals surface area contributed by atoms with E-state index in [1.807, 2.05) is 25.3 Å². The number of carbonyl (C=O) groups is 2. The molecule has 1 saturated heterocycles. The number of halogens is 1. The fraction of sp³-hybridized carbons (Fsp3) is 0.389. The van der Waals surface area contributed by atoms with Gasteiger partial charge in [-0.05, 0) is 56.6 Å². The van der Waals surface area contributed by atoms with Crippen molar-refractivity contribution in [1.82, 2.24) is 20.4 Å². The van der Waals surface area contributed by atoms with E-state index in [1.54, 1.807) is 30.1 Å². The molecule has 3 N–H and O–H groups in total. The molecular formula is C18H24ClN5O2. The van der Waals surface area contributed by atoms with Crippen LogP contribution in [0.2, 0.25) is 0 Å². The summed E-state index contributed by atoms with van der Waals surface area (Å²) >= 11 is 0. The summed E-state index contributed by atoms with van der Waals surface area (Å²) in [6, 6.07) is 7.17. The number of benzene rings is 1. The zero-order valence-corrected chi connectivity index (χ0v) is 15.7. The summed E-state index contributed by atoms with van der Waals surface area (Å²) in [5.74, 6) is -0.271. The average molecular weight is 378 g/mol. The number of rotatable bonds is 4. The van der Waals surface area contributed by atoms with Crippen molar-refractivity contribution in [3.8, 4) is 0 Å². The molecule has 2 heterocycles. The zero-order chi connectivity index (χ0) is 17.9. The highest BCUT2D eigenvalue weighted by atomic mass is 35.5. The Kier molecular flexibility index (Phi) is 6.39. The van der Waals surface area contributed by atoms with Gasteiger partial charge in [-0.15, -0.1) is 12.4 Å². The largest absolute Gasteiger partial charge is 0.355 e. The SMILES string of the molecule is CNC(=O)c1cccc(NC(=O)C2(n3cccn3)CCNCC2)c1C.Cl. The van der Waals surface area contributed by atoms with Crippen molar-refractivity contribution >= 4 is 29.9 Å². The number of nitrogens with one attached hydrogen (secondary N) is 3. The third-order valence-electron chi connectivity index (χ3n) is 4.85. The van der Waals surface area contributed by atoms with E-state index in [0.29, 0.717) is 24.1 Å². The molecule has 2 aromatic rings. The van der Waals surface area contributed by atoms with Crippen LogP contribution in [-0.2, 0) is 10.3 Å². The van der Waals surface area contributed by atoms with E-state index in [-0.39, 0.29) is 24.2 Å². The summed E-state index contributed by atoms with van der Waals surface area (Å²) in [5, 5.41) is 13.3. The summed E-state index contributed by atoms with van der Waals surface area (Å²) in [7, 11) is 1.59. The van der Waals surface area contributed by atoms with Crippen LogP contribution in [0.4, 0.5) is 5.69 Å². The maximum atomic E-state index is 13.2. The van der Waals surface area contributed by atoms with Gasteiger partial charge in [0.2, 0.25) is 0 Å². The summed E-state index contributed by atoms with van der Waals surface area (Å²) in [4.78, 5) is 25.2. The van der Waals surface area contributed by atoms with Crippen LogP contribution in [0.15, 0.2) is 36.7 Å². The molecule has 1 aromatic carbocycles. The van der Waals surface area contributed by atoms with Crippen molar-refractivity contribution < 1.29 is 9.59 Å². The molecule has 1 aliphatic heterocycles. The molecule has 0 spiro atoms. The second-order valence-electron chi connectivity index (χ2n) is 6.24. The molecule has 3 rings (SSSR count). The molecule has 1 aliphatic rings. The van der Waals surface area contributed by atoms with Crippen molar-refractivity contribution in [1.29, 1.82) is 0 Å². The fourth-order valence-electron chi connectivity index (χ4n) is 3.31. The van der Waals surface area contributed by atoms with Crippen molar-refractivity contribution in [2.45, 2.75) is 25.3 Å². The summed E-state index contributed by atoms with van der Waals surface area (Å²) < 4.78 is 1.75. The van der Waals surface area contributed by atoms with Crippen LogP contribution in [0.1, 0.15) is 28.8 Å². The number of nitrogens with zero attached hydrogens (tertiary/aromatic N) is 2. The monoisotopic (exact) mass is 377 g/mol. The zero-order valence-electron chi connectivity index (χ0n) is 14.9. The topological polar surface area (TPSA) is 88.1 Å². The Morgan fingerprint density at radius 3 is 2.58 bits per heavy atom. The summed E-state index contributed by atoms with van der Waals surface area (Å²) in [6.45, 7) is 3.35. The van der Waals surface area contributed by atoms with Crippen LogP contribution >= 0.6 is 12.4 Å². The van der Waals surface area contributed by atoms with Crippen molar-refractivity contribution in [3.05, 3.63) is 47.8 Å². The Bertz CT molecular complexity index is 770. The predicted octanol–water partition coefficient (Wildman–Crippen LogP) is 1.69. The standard InChI is InChI=1S/C18H23N5O2.ClH/c1-13-14(16(24)19-2)5-3-6-15(13)22-17(25)18(7-10-20-11-8-18)23-12-4-9-21-23;/h3-6,9,12,20H,7-8,10-11H2,1-2H3,(H,19,24)(H,22,25);1H. The van der Waals surface area contributed by atoms with Gasteiger partial charge in [0.05, 0.1) is 0 Å². The molecule has 7 nitrogen and oxygen atoms in total. The Balaban J connectivity index is 0.00000243. The first kappa shape index (κ1) is 19.9. The van der Waals surface area contributed by atoms with E-state index >= 15 is 0 Å². The Labute approximate surface area is 159 Å². The highest BCUT2D eigenvalue weighted by Crippen LogP contribution is 2.29. The average Bonchev–Trinajstić information content (AvgIpc) is 3.18. The lowest BCUT2D eigenvalue weighted by Crippen LogP contribution is -2.52. The van der Waals surface area contributed by atoms with Gasteiger partial charge in [0, 0.05) is 30.7 Å². The first-order chi connectivity index (χ1) is 12.1. The third kappa shape index (κ3) is 3.59. The van der Waals surface area contributed by atoms with Crippen LogP contribution < -0.4 is 16.0 Å². The number of piperidine rings is 1. The molecule has 26 heavy (non-hydrogen) atoms. The maximum Gasteiger partial charge on any atom is 0.252 e. The molecule has 1 aromatic heterocycles. The van der Waals surface area contributed by atoms with Gasteiger partial charge < -0.3 is 16.0 Å². The van der Waals surface area contributed by atoms with Gasteiger partial charge in [0.25, 0.3) is 11.8 Å². The van der Waals surface area contributed by atoms with Gasteiger partial charge in [-0.2, -0.15) is 5.10 Å². The van der Waals surface area contributed by atoms with Crippen LogP contribution in [0.5, 0.6) is 0 Å². The molecule has 0 radical (unpaired) electrons. The van der Waals surface area contributed by atoms with Gasteiger partial charge in [-0.3, -0.25) is 14.3 Å². The van der Waals surface area contributed by atoms with Crippen LogP contribution in [0.25, 0.3) is 0 Å². The number of anilines is 1. The smallest absolute Gasteiger partial charge is 0.252 e. The highest BCUT2D eigenvalue weighted by Gasteiger charge is 2.42. The normalized spacial score (nSPS) is 15.6. The third-order valence-corrected chi connectivity index (χ3v) is 4.85. The second-order valence-corrected chi connectivity index (χ2v) is 6.24. The van der Waals surface area contributed by atoms with E-state index in [1.165, 1.54) is 0 Å². The molecule has 140 valence electrons. The minimum absolute atomic E-state index is 0. The van der Waals surface area contributed by atoms with E-state index in [0.717, 1.165) is 18.7 Å². The quantitative estimate of drug-likeness (QED) is 0.756. The van der Waals surface area contributed by atoms with E-state index in [9.17, 15) is 9.59 Å². The molecule has 1 fully saturated rings.